The van der Waals surface area contributed by atoms with Crippen LogP contribution in [0, 0.1) is 0 Å². The molecule has 3 rings (SSSR count). The van der Waals surface area contributed by atoms with Crippen LogP contribution in [0.3, 0.4) is 0 Å². The minimum atomic E-state index is -0.917. The van der Waals surface area contributed by atoms with Gasteiger partial charge in [0, 0.05) is 60.7 Å². The molecule has 1 heterocycles. The van der Waals surface area contributed by atoms with E-state index in [1.165, 1.54) is 5.56 Å². The summed E-state index contributed by atoms with van der Waals surface area (Å²) < 4.78 is 11.4. The number of carbonyl (C=O) groups is 1. The topological polar surface area (TPSA) is 52.7 Å². The number of nitrogens with one attached hydrogen (secondary N) is 1. The van der Waals surface area contributed by atoms with E-state index in [0.29, 0.717) is 6.04 Å². The van der Waals surface area contributed by atoms with Gasteiger partial charge in [0.05, 0.1) is 6.04 Å². The number of rotatable bonds is 6. The number of amides is 1. The van der Waals surface area contributed by atoms with Gasteiger partial charge in [-0.05, 0) is 37.5 Å². The van der Waals surface area contributed by atoms with Crippen molar-refractivity contribution in [2.24, 2.45) is 0 Å². The van der Waals surface area contributed by atoms with Crippen molar-refractivity contribution < 1.29 is 9.00 Å². The first-order valence-electron chi connectivity index (χ1n) is 8.72. The van der Waals surface area contributed by atoms with Crippen LogP contribution in [0.25, 0.3) is 0 Å². The van der Waals surface area contributed by atoms with Gasteiger partial charge < -0.3 is 5.32 Å². The van der Waals surface area contributed by atoms with Crippen LogP contribution in [0.5, 0.6) is 0 Å². The Balaban J connectivity index is 1.46. The molecule has 24 heavy (non-hydrogen) atoms. The quantitative estimate of drug-likeness (QED) is 0.839. The van der Waals surface area contributed by atoms with E-state index >= 15 is 0 Å². The highest BCUT2D eigenvalue weighted by Gasteiger charge is 2.29. The predicted octanol–water partition coefficient (Wildman–Crippen LogP) is 1.21. The number of hydrogen-bond acceptors (Lipinski definition) is 4. The first kappa shape index (κ1) is 17.6. The van der Waals surface area contributed by atoms with E-state index < -0.39 is 10.8 Å². The van der Waals surface area contributed by atoms with E-state index in [9.17, 15) is 9.00 Å². The van der Waals surface area contributed by atoms with Crippen LogP contribution in [0.2, 0.25) is 0 Å². The molecule has 1 saturated heterocycles. The number of nitrogens with zero attached hydrogens (tertiary/aromatic N) is 2. The summed E-state index contributed by atoms with van der Waals surface area (Å²) in [6.07, 6.45) is 3.97. The van der Waals surface area contributed by atoms with Crippen LogP contribution in [0.15, 0.2) is 29.2 Å². The summed E-state index contributed by atoms with van der Waals surface area (Å²) in [7, 11) is -0.917. The minimum absolute atomic E-state index is 0.0356. The average Bonchev–Trinajstić information content (AvgIpc) is 3.39. The van der Waals surface area contributed by atoms with Crippen molar-refractivity contribution in [1.82, 2.24) is 15.1 Å². The number of benzene rings is 1. The van der Waals surface area contributed by atoms with Gasteiger partial charge in [0.15, 0.2) is 0 Å². The maximum Gasteiger partial charge on any atom is 0.237 e. The Hall–Kier alpha value is -1.24. The van der Waals surface area contributed by atoms with Crippen LogP contribution in [-0.4, -0.2) is 64.4 Å². The largest absolute Gasteiger partial charge is 0.352 e. The summed E-state index contributed by atoms with van der Waals surface area (Å²) in [5.74, 6) is 0.175. The molecule has 1 N–H and O–H groups in total. The van der Waals surface area contributed by atoms with Crippen molar-refractivity contribution in [3.63, 3.8) is 0 Å². The molecule has 0 bridgehead atoms. The van der Waals surface area contributed by atoms with Crippen LogP contribution >= 0.6 is 0 Å². The summed E-state index contributed by atoms with van der Waals surface area (Å²) in [6, 6.07) is 8.43. The third-order valence-corrected chi connectivity index (χ3v) is 5.86. The Kier molecular flexibility index (Phi) is 5.69. The van der Waals surface area contributed by atoms with E-state index in [1.54, 1.807) is 6.26 Å². The third-order valence-electron chi connectivity index (χ3n) is 4.92. The lowest BCUT2D eigenvalue weighted by molar-refractivity contribution is -0.126. The zero-order valence-electron chi connectivity index (χ0n) is 14.5. The molecule has 2 fully saturated rings. The fourth-order valence-corrected chi connectivity index (χ4v) is 3.59. The second-order valence-corrected chi connectivity index (χ2v) is 8.25. The molecule has 1 saturated carbocycles. The molecule has 0 spiro atoms. The number of hydrogen-bond donors (Lipinski definition) is 1. The predicted molar refractivity (Wildman–Crippen MR) is 96.3 cm³/mol. The molecule has 1 amide bonds. The molecule has 1 aromatic rings. The van der Waals surface area contributed by atoms with E-state index in [-0.39, 0.29) is 11.9 Å². The monoisotopic (exact) mass is 349 g/mol. The SMILES string of the molecule is C[C@H](C(=O)NC1CC1)N1CCN(Cc2ccc([S@](C)=O)cc2)CC1. The lowest BCUT2D eigenvalue weighted by Crippen LogP contribution is -2.53. The van der Waals surface area contributed by atoms with E-state index in [2.05, 4.69) is 27.2 Å². The van der Waals surface area contributed by atoms with Crippen LogP contribution in [0.4, 0.5) is 0 Å². The van der Waals surface area contributed by atoms with Gasteiger partial charge in [0.1, 0.15) is 0 Å². The van der Waals surface area contributed by atoms with Crippen molar-refractivity contribution in [2.45, 2.75) is 43.3 Å². The zero-order valence-corrected chi connectivity index (χ0v) is 15.3. The molecule has 0 unspecified atom stereocenters. The lowest BCUT2D eigenvalue weighted by Gasteiger charge is -2.37. The molecule has 1 aliphatic carbocycles. The first-order chi connectivity index (χ1) is 11.5. The number of piperazine rings is 1. The van der Waals surface area contributed by atoms with Crippen LogP contribution in [-0.2, 0) is 22.1 Å². The molecular formula is C18H27N3O2S. The van der Waals surface area contributed by atoms with E-state index in [0.717, 1.165) is 50.5 Å². The van der Waals surface area contributed by atoms with Crippen molar-refractivity contribution in [3.8, 4) is 0 Å². The van der Waals surface area contributed by atoms with E-state index in [4.69, 9.17) is 0 Å². The highest BCUT2D eigenvalue weighted by Crippen LogP contribution is 2.19. The average molecular weight is 350 g/mol. The highest BCUT2D eigenvalue weighted by atomic mass is 32.2. The van der Waals surface area contributed by atoms with Gasteiger partial charge in [0.25, 0.3) is 0 Å². The summed E-state index contributed by atoms with van der Waals surface area (Å²) in [6.45, 7) is 6.72. The second kappa shape index (κ2) is 7.76. The van der Waals surface area contributed by atoms with Gasteiger partial charge >= 0.3 is 0 Å². The smallest absolute Gasteiger partial charge is 0.237 e. The molecule has 132 valence electrons. The third kappa shape index (κ3) is 4.65. The van der Waals surface area contributed by atoms with Crippen molar-refractivity contribution in [1.29, 1.82) is 0 Å². The molecule has 5 nitrogen and oxygen atoms in total. The van der Waals surface area contributed by atoms with Crippen molar-refractivity contribution in [3.05, 3.63) is 29.8 Å². The van der Waals surface area contributed by atoms with Gasteiger partial charge in [-0.25, -0.2) is 0 Å². The molecule has 0 radical (unpaired) electrons. The summed E-state index contributed by atoms with van der Waals surface area (Å²) >= 11 is 0. The lowest BCUT2D eigenvalue weighted by atomic mass is 10.1. The Morgan fingerprint density at radius 2 is 1.83 bits per heavy atom. The Morgan fingerprint density at radius 3 is 2.38 bits per heavy atom. The first-order valence-corrected chi connectivity index (χ1v) is 10.3. The summed E-state index contributed by atoms with van der Waals surface area (Å²) in [5.41, 5.74) is 1.25. The summed E-state index contributed by atoms with van der Waals surface area (Å²) in [5, 5.41) is 3.10. The fraction of sp³-hybridized carbons (Fsp3) is 0.611. The molecule has 1 aliphatic heterocycles. The second-order valence-electron chi connectivity index (χ2n) is 6.87. The Labute approximate surface area is 146 Å². The van der Waals surface area contributed by atoms with E-state index in [1.807, 2.05) is 19.1 Å². The normalized spacial score (nSPS) is 22.1. The fourth-order valence-electron chi connectivity index (χ4n) is 3.07. The molecular weight excluding hydrogens is 322 g/mol. The molecule has 6 heteroatoms. The van der Waals surface area contributed by atoms with Gasteiger partial charge in [0.2, 0.25) is 5.91 Å². The number of carbonyl (C=O) groups excluding carboxylic acids is 1. The maximum atomic E-state index is 12.2. The standard InChI is InChI=1S/C18H27N3O2S/c1-14(18(22)19-16-5-6-16)21-11-9-20(10-12-21)13-15-3-7-17(8-4-15)24(2)23/h3-4,7-8,14,16H,5-6,9-13H2,1-2H3,(H,19,22)/t14-,24+/m1/s1. The molecule has 0 aromatic heterocycles. The van der Waals surface area contributed by atoms with Crippen molar-refractivity contribution in [2.75, 3.05) is 32.4 Å². The molecule has 2 atom stereocenters. The highest BCUT2D eigenvalue weighted by molar-refractivity contribution is 7.84. The zero-order chi connectivity index (χ0) is 17.1. The molecule has 1 aromatic carbocycles. The van der Waals surface area contributed by atoms with Crippen molar-refractivity contribution >= 4 is 16.7 Å². The maximum absolute atomic E-state index is 12.2. The molecule has 2 aliphatic rings. The Morgan fingerprint density at radius 1 is 1.21 bits per heavy atom. The Bertz CT molecular complexity index is 593. The minimum Gasteiger partial charge on any atom is -0.352 e. The van der Waals surface area contributed by atoms with Gasteiger partial charge in [-0.2, -0.15) is 0 Å². The van der Waals surface area contributed by atoms with Gasteiger partial charge in [-0.15, -0.1) is 0 Å². The summed E-state index contributed by atoms with van der Waals surface area (Å²) in [4.78, 5) is 17.7. The van der Waals surface area contributed by atoms with Gasteiger partial charge in [-0.1, -0.05) is 12.1 Å². The van der Waals surface area contributed by atoms with Gasteiger partial charge in [-0.3, -0.25) is 18.8 Å². The van der Waals surface area contributed by atoms with Crippen LogP contribution in [0.1, 0.15) is 25.3 Å². The van der Waals surface area contributed by atoms with Crippen LogP contribution < -0.4 is 5.32 Å².